The maximum atomic E-state index is 10.6. The summed E-state index contributed by atoms with van der Waals surface area (Å²) in [5.41, 5.74) is -0.707. The molecule has 0 fully saturated rings. The first-order chi connectivity index (χ1) is 6.56. The number of aromatic carboxylic acids is 2. The van der Waals surface area contributed by atoms with Gasteiger partial charge in [0.15, 0.2) is 5.69 Å². The van der Waals surface area contributed by atoms with Crippen LogP contribution in [0.15, 0.2) is 6.07 Å². The molecule has 0 aliphatic carbocycles. The van der Waals surface area contributed by atoms with Gasteiger partial charge in [-0.2, -0.15) is 10.4 Å². The molecule has 14 heavy (non-hydrogen) atoms. The summed E-state index contributed by atoms with van der Waals surface area (Å²) in [6.45, 7) is -0.297. The van der Waals surface area contributed by atoms with Gasteiger partial charge in [-0.3, -0.25) is 0 Å². The number of nitrogens with zero attached hydrogens (tertiary/aromatic N) is 3. The van der Waals surface area contributed by atoms with Crippen molar-refractivity contribution in [2.75, 3.05) is 0 Å². The Bertz CT molecular complexity index is 429. The Balaban J connectivity index is 3.20. The molecule has 0 aromatic carbocycles. The summed E-state index contributed by atoms with van der Waals surface area (Å²) in [7, 11) is 0. The largest absolute Gasteiger partial charge is 0.477 e. The summed E-state index contributed by atoms with van der Waals surface area (Å²) in [6.07, 6.45) is 0. The van der Waals surface area contributed by atoms with E-state index in [0.29, 0.717) is 0 Å². The Morgan fingerprint density at radius 1 is 1.50 bits per heavy atom. The minimum atomic E-state index is -1.33. The summed E-state index contributed by atoms with van der Waals surface area (Å²) in [5.74, 6) is -2.65. The fraction of sp³-hybridized carbons (Fsp3) is 0.143. The Kier molecular flexibility index (Phi) is 2.48. The first-order valence-corrected chi connectivity index (χ1v) is 3.47. The van der Waals surface area contributed by atoms with Crippen LogP contribution in [0, 0.1) is 11.3 Å². The molecule has 0 radical (unpaired) electrons. The van der Waals surface area contributed by atoms with Gasteiger partial charge in [-0.15, -0.1) is 0 Å². The van der Waals surface area contributed by atoms with Crippen LogP contribution in [0.4, 0.5) is 0 Å². The van der Waals surface area contributed by atoms with Gasteiger partial charge in [-0.05, 0) is 0 Å². The van der Waals surface area contributed by atoms with Gasteiger partial charge in [0.1, 0.15) is 12.2 Å². The lowest BCUT2D eigenvalue weighted by Gasteiger charge is -1.95. The first kappa shape index (κ1) is 9.73. The maximum absolute atomic E-state index is 10.6. The molecule has 1 heterocycles. The van der Waals surface area contributed by atoms with E-state index in [0.717, 1.165) is 10.7 Å². The van der Waals surface area contributed by atoms with Gasteiger partial charge in [0, 0.05) is 6.07 Å². The molecule has 0 bridgehead atoms. The summed E-state index contributed by atoms with van der Waals surface area (Å²) >= 11 is 0. The van der Waals surface area contributed by atoms with Crippen LogP contribution >= 0.6 is 0 Å². The molecule has 0 spiro atoms. The van der Waals surface area contributed by atoms with E-state index >= 15 is 0 Å². The third kappa shape index (κ3) is 1.69. The lowest BCUT2D eigenvalue weighted by atomic mass is 10.3. The molecule has 0 aliphatic rings. The smallest absolute Gasteiger partial charge is 0.356 e. The molecule has 0 aliphatic heterocycles. The van der Waals surface area contributed by atoms with Crippen LogP contribution in [-0.4, -0.2) is 31.9 Å². The van der Waals surface area contributed by atoms with Crippen molar-refractivity contribution >= 4 is 11.9 Å². The molecule has 1 aromatic heterocycles. The number of rotatable bonds is 3. The molecule has 0 unspecified atom stereocenters. The minimum absolute atomic E-state index is 0.297. The normalized spacial score (nSPS) is 9.36. The quantitative estimate of drug-likeness (QED) is 0.689. The van der Waals surface area contributed by atoms with Crippen molar-refractivity contribution in [3.63, 3.8) is 0 Å². The Morgan fingerprint density at radius 3 is 2.57 bits per heavy atom. The molecule has 0 atom stereocenters. The van der Waals surface area contributed by atoms with Crippen LogP contribution in [-0.2, 0) is 6.54 Å². The standard InChI is InChI=1S/C7H5N3O4/c8-1-2-10-5(7(13)14)3-4(9-10)6(11)12/h3H,2H2,(H,11,12)(H,13,14). The van der Waals surface area contributed by atoms with Gasteiger partial charge in [0.25, 0.3) is 0 Å². The average Bonchev–Trinajstić information content (AvgIpc) is 2.49. The Labute approximate surface area is 77.8 Å². The molecule has 1 aromatic rings. The number of hydrogen-bond acceptors (Lipinski definition) is 4. The molecule has 1 rings (SSSR count). The predicted octanol–water partition coefficient (Wildman–Crippen LogP) is -0.197. The number of carboxylic acids is 2. The third-order valence-electron chi connectivity index (χ3n) is 1.44. The average molecular weight is 195 g/mol. The second-order valence-electron chi connectivity index (χ2n) is 2.34. The SMILES string of the molecule is N#CCn1nc(C(=O)O)cc1C(=O)O. The van der Waals surface area contributed by atoms with Crippen LogP contribution in [0.3, 0.4) is 0 Å². The zero-order chi connectivity index (χ0) is 10.7. The number of hydrogen-bond donors (Lipinski definition) is 2. The Hall–Kier alpha value is -2.36. The number of carboxylic acid groups (broad SMARTS) is 2. The van der Waals surface area contributed by atoms with E-state index in [-0.39, 0.29) is 12.2 Å². The van der Waals surface area contributed by atoms with E-state index in [4.69, 9.17) is 15.5 Å². The van der Waals surface area contributed by atoms with Crippen LogP contribution in [0.2, 0.25) is 0 Å². The van der Waals surface area contributed by atoms with Crippen molar-refractivity contribution in [2.24, 2.45) is 0 Å². The number of nitriles is 1. The second-order valence-corrected chi connectivity index (χ2v) is 2.34. The lowest BCUT2D eigenvalue weighted by molar-refractivity contribution is 0.0676. The van der Waals surface area contributed by atoms with Crippen molar-refractivity contribution < 1.29 is 19.8 Å². The summed E-state index contributed by atoms with van der Waals surface area (Å²) in [4.78, 5) is 21.0. The first-order valence-electron chi connectivity index (χ1n) is 3.47. The van der Waals surface area contributed by atoms with Crippen molar-refractivity contribution in [3.05, 3.63) is 17.5 Å². The predicted molar refractivity (Wildman–Crippen MR) is 41.8 cm³/mol. The van der Waals surface area contributed by atoms with E-state index in [2.05, 4.69) is 5.10 Å². The van der Waals surface area contributed by atoms with Gasteiger partial charge in [0.2, 0.25) is 0 Å². The highest BCUT2D eigenvalue weighted by molar-refractivity contribution is 5.91. The fourth-order valence-corrected chi connectivity index (χ4v) is 0.881. The summed E-state index contributed by atoms with van der Waals surface area (Å²) in [5, 5.41) is 28.9. The monoisotopic (exact) mass is 195 g/mol. The molecule has 0 saturated carbocycles. The molecule has 7 nitrogen and oxygen atoms in total. The van der Waals surface area contributed by atoms with E-state index in [1.807, 2.05) is 0 Å². The van der Waals surface area contributed by atoms with E-state index in [1.54, 1.807) is 6.07 Å². The van der Waals surface area contributed by atoms with E-state index < -0.39 is 17.6 Å². The molecular weight excluding hydrogens is 190 g/mol. The lowest BCUT2D eigenvalue weighted by Crippen LogP contribution is -2.09. The highest BCUT2D eigenvalue weighted by Gasteiger charge is 2.17. The molecule has 0 amide bonds. The zero-order valence-electron chi connectivity index (χ0n) is 6.84. The van der Waals surface area contributed by atoms with Crippen molar-refractivity contribution in [1.29, 1.82) is 5.26 Å². The summed E-state index contributed by atoms with van der Waals surface area (Å²) in [6, 6.07) is 2.58. The van der Waals surface area contributed by atoms with Gasteiger partial charge < -0.3 is 10.2 Å². The van der Waals surface area contributed by atoms with E-state index in [9.17, 15) is 9.59 Å². The fourth-order valence-electron chi connectivity index (χ4n) is 0.881. The van der Waals surface area contributed by atoms with Crippen molar-refractivity contribution in [3.8, 4) is 6.07 Å². The van der Waals surface area contributed by atoms with Crippen LogP contribution in [0.25, 0.3) is 0 Å². The van der Waals surface area contributed by atoms with E-state index in [1.165, 1.54) is 0 Å². The van der Waals surface area contributed by atoms with Gasteiger partial charge in [-0.1, -0.05) is 0 Å². The molecular formula is C7H5N3O4. The van der Waals surface area contributed by atoms with Crippen LogP contribution in [0.5, 0.6) is 0 Å². The molecule has 2 N–H and O–H groups in total. The summed E-state index contributed by atoms with van der Waals surface area (Å²) < 4.78 is 0.825. The second kappa shape index (κ2) is 3.57. The van der Waals surface area contributed by atoms with Gasteiger partial charge in [-0.25, -0.2) is 14.3 Å². The molecule has 7 heteroatoms. The number of aromatic nitrogens is 2. The third-order valence-corrected chi connectivity index (χ3v) is 1.44. The van der Waals surface area contributed by atoms with Crippen molar-refractivity contribution in [2.45, 2.75) is 6.54 Å². The zero-order valence-corrected chi connectivity index (χ0v) is 6.84. The van der Waals surface area contributed by atoms with Crippen LogP contribution in [0.1, 0.15) is 21.0 Å². The highest BCUT2D eigenvalue weighted by atomic mass is 16.4. The molecule has 72 valence electrons. The van der Waals surface area contributed by atoms with Gasteiger partial charge >= 0.3 is 11.9 Å². The Morgan fingerprint density at radius 2 is 2.14 bits per heavy atom. The maximum Gasteiger partial charge on any atom is 0.356 e. The number of carbonyl (C=O) groups is 2. The molecule has 0 saturated heterocycles. The highest BCUT2D eigenvalue weighted by Crippen LogP contribution is 2.04. The van der Waals surface area contributed by atoms with Gasteiger partial charge in [0.05, 0.1) is 6.07 Å². The van der Waals surface area contributed by atoms with Crippen LogP contribution < -0.4 is 0 Å². The minimum Gasteiger partial charge on any atom is -0.477 e. The topological polar surface area (TPSA) is 116 Å². The van der Waals surface area contributed by atoms with Crippen molar-refractivity contribution in [1.82, 2.24) is 9.78 Å².